The number of hydrogen-bond donors (Lipinski definition) is 2. The Kier molecular flexibility index (Phi) is 6.96. The summed E-state index contributed by atoms with van der Waals surface area (Å²) in [6.45, 7) is 1.87. The van der Waals surface area contributed by atoms with Gasteiger partial charge in [-0.3, -0.25) is 9.59 Å². The fourth-order valence-electron chi connectivity index (χ4n) is 4.55. The van der Waals surface area contributed by atoms with Crippen LogP contribution in [0.1, 0.15) is 52.1 Å². The first-order valence-corrected chi connectivity index (χ1v) is 12.5. The molecule has 37 heavy (non-hydrogen) atoms. The topological polar surface area (TPSA) is 117 Å². The zero-order valence-corrected chi connectivity index (χ0v) is 21.1. The third-order valence-corrected chi connectivity index (χ3v) is 6.83. The second kappa shape index (κ2) is 10.5. The maximum Gasteiger partial charge on any atom is 0.255 e. The normalized spacial score (nSPS) is 17.4. The maximum absolute atomic E-state index is 13.0. The van der Waals surface area contributed by atoms with Crippen LogP contribution >= 0.6 is 11.6 Å². The van der Waals surface area contributed by atoms with Gasteiger partial charge in [0.1, 0.15) is 11.7 Å². The van der Waals surface area contributed by atoms with Crippen molar-refractivity contribution in [1.82, 2.24) is 24.9 Å². The van der Waals surface area contributed by atoms with E-state index in [1.165, 1.54) is 0 Å². The summed E-state index contributed by atoms with van der Waals surface area (Å²) in [6, 6.07) is 16.8. The SMILES string of the molecule is Cc1c(C(=O)N[C@H]2CC[C@H](Oc3nn(-c4ccccc4)cc3C(N)=O)CC2)cnn1-c1ccc(Cl)cc1. The Hall–Kier alpha value is -4.11. The zero-order valence-electron chi connectivity index (χ0n) is 20.3. The summed E-state index contributed by atoms with van der Waals surface area (Å²) >= 11 is 5.98. The number of carbonyl (C=O) groups excluding carboxylic acids is 2. The predicted molar refractivity (Wildman–Crippen MR) is 140 cm³/mol. The number of amides is 2. The Morgan fingerprint density at radius 1 is 1.00 bits per heavy atom. The number of benzene rings is 2. The predicted octanol–water partition coefficient (Wildman–Crippen LogP) is 4.24. The Balaban J connectivity index is 1.19. The van der Waals surface area contributed by atoms with Gasteiger partial charge in [0.2, 0.25) is 5.88 Å². The molecular weight excluding hydrogens is 492 g/mol. The van der Waals surface area contributed by atoms with E-state index in [1.54, 1.807) is 33.9 Å². The largest absolute Gasteiger partial charge is 0.473 e. The molecule has 9 nitrogen and oxygen atoms in total. The van der Waals surface area contributed by atoms with E-state index in [0.717, 1.165) is 29.9 Å². The second-order valence-electron chi connectivity index (χ2n) is 9.09. The number of nitrogens with one attached hydrogen (secondary N) is 1. The second-order valence-corrected chi connectivity index (χ2v) is 9.53. The van der Waals surface area contributed by atoms with Crippen LogP contribution in [0.25, 0.3) is 11.4 Å². The molecule has 0 spiro atoms. The lowest BCUT2D eigenvalue weighted by molar-refractivity contribution is 0.0881. The van der Waals surface area contributed by atoms with Gasteiger partial charge in [0.05, 0.1) is 28.8 Å². The van der Waals surface area contributed by atoms with Gasteiger partial charge in [0.25, 0.3) is 11.8 Å². The van der Waals surface area contributed by atoms with Gasteiger partial charge in [-0.1, -0.05) is 29.8 Å². The van der Waals surface area contributed by atoms with E-state index >= 15 is 0 Å². The van der Waals surface area contributed by atoms with Gasteiger partial charge in [-0.25, -0.2) is 9.36 Å². The minimum absolute atomic E-state index is 0.0168. The Morgan fingerprint density at radius 3 is 2.38 bits per heavy atom. The number of carbonyl (C=O) groups is 2. The lowest BCUT2D eigenvalue weighted by Crippen LogP contribution is -2.40. The fraction of sp³-hybridized carbons (Fsp3) is 0.259. The maximum atomic E-state index is 13.0. The lowest BCUT2D eigenvalue weighted by atomic mass is 9.92. The summed E-state index contributed by atoms with van der Waals surface area (Å²) in [5.74, 6) is -0.513. The molecule has 0 atom stereocenters. The minimum atomic E-state index is -0.590. The van der Waals surface area contributed by atoms with Gasteiger partial charge in [-0.2, -0.15) is 5.10 Å². The van der Waals surface area contributed by atoms with Crippen LogP contribution in [0.2, 0.25) is 5.02 Å². The van der Waals surface area contributed by atoms with Crippen molar-refractivity contribution in [1.29, 1.82) is 0 Å². The first-order chi connectivity index (χ1) is 17.9. The van der Waals surface area contributed by atoms with Crippen molar-refractivity contribution in [2.75, 3.05) is 0 Å². The number of aromatic nitrogens is 4. The minimum Gasteiger partial charge on any atom is -0.473 e. The van der Waals surface area contributed by atoms with Crippen LogP contribution in [0.3, 0.4) is 0 Å². The average Bonchev–Trinajstić information content (AvgIpc) is 3.50. The molecule has 0 unspecified atom stereocenters. The number of nitrogens with zero attached hydrogens (tertiary/aromatic N) is 4. The number of para-hydroxylation sites is 1. The number of rotatable bonds is 7. The van der Waals surface area contributed by atoms with Gasteiger partial charge in [0, 0.05) is 17.3 Å². The number of nitrogens with two attached hydrogens (primary N) is 1. The average molecular weight is 519 g/mol. The molecule has 0 radical (unpaired) electrons. The molecule has 2 heterocycles. The van der Waals surface area contributed by atoms with Crippen LogP contribution in [0, 0.1) is 6.92 Å². The molecule has 10 heteroatoms. The summed E-state index contributed by atoms with van der Waals surface area (Å²) in [7, 11) is 0. The van der Waals surface area contributed by atoms with E-state index in [0.29, 0.717) is 23.4 Å². The number of hydrogen-bond acceptors (Lipinski definition) is 5. The molecule has 1 saturated carbocycles. The Bertz CT molecular complexity index is 1410. The highest BCUT2D eigenvalue weighted by atomic mass is 35.5. The molecular formula is C27H27ClN6O3. The van der Waals surface area contributed by atoms with Crippen LogP contribution < -0.4 is 15.8 Å². The highest BCUT2D eigenvalue weighted by Crippen LogP contribution is 2.27. The summed E-state index contributed by atoms with van der Waals surface area (Å²) in [6.07, 6.45) is 5.96. The molecule has 4 aromatic rings. The highest BCUT2D eigenvalue weighted by Gasteiger charge is 2.27. The standard InChI is InChI=1S/C27H27ClN6O3/c1-17-23(15-30-34(17)21-11-7-18(28)8-12-21)26(36)31-19-9-13-22(14-10-19)37-27-24(25(29)35)16-33(32-27)20-5-3-2-4-6-20/h2-8,11-12,15-16,19,22H,9-10,13-14H2,1H3,(H2,29,35)(H,31,36)/t19-,22-. The van der Waals surface area contributed by atoms with Crippen molar-refractivity contribution in [3.8, 4) is 17.3 Å². The number of primary amides is 1. The van der Waals surface area contributed by atoms with Gasteiger partial charge < -0.3 is 15.8 Å². The molecule has 0 aliphatic heterocycles. The number of ether oxygens (including phenoxy) is 1. The van der Waals surface area contributed by atoms with E-state index in [2.05, 4.69) is 15.5 Å². The van der Waals surface area contributed by atoms with Gasteiger partial charge >= 0.3 is 0 Å². The number of halogens is 1. The molecule has 1 fully saturated rings. The molecule has 2 amide bonds. The third kappa shape index (κ3) is 5.36. The lowest BCUT2D eigenvalue weighted by Gasteiger charge is -2.29. The summed E-state index contributed by atoms with van der Waals surface area (Å²) in [5, 5.41) is 12.6. The van der Waals surface area contributed by atoms with Crippen LogP contribution in [0.5, 0.6) is 5.88 Å². The summed E-state index contributed by atoms with van der Waals surface area (Å²) in [5.41, 5.74) is 8.74. The molecule has 1 aliphatic rings. The highest BCUT2D eigenvalue weighted by molar-refractivity contribution is 6.30. The van der Waals surface area contributed by atoms with E-state index in [-0.39, 0.29) is 29.5 Å². The fourth-order valence-corrected chi connectivity index (χ4v) is 4.67. The van der Waals surface area contributed by atoms with Crippen LogP contribution in [-0.2, 0) is 0 Å². The van der Waals surface area contributed by atoms with E-state index in [1.807, 2.05) is 49.4 Å². The van der Waals surface area contributed by atoms with Gasteiger partial charge in [0.15, 0.2) is 0 Å². The Labute approximate surface area is 219 Å². The van der Waals surface area contributed by atoms with Gasteiger partial charge in [-0.15, -0.1) is 5.10 Å². The van der Waals surface area contributed by atoms with E-state index in [9.17, 15) is 9.59 Å². The molecule has 1 aliphatic carbocycles. The molecule has 190 valence electrons. The molecule has 2 aromatic heterocycles. The molecule has 3 N–H and O–H groups in total. The first-order valence-electron chi connectivity index (χ1n) is 12.1. The molecule has 2 aromatic carbocycles. The Morgan fingerprint density at radius 2 is 1.70 bits per heavy atom. The van der Waals surface area contributed by atoms with Crippen molar-refractivity contribution in [3.63, 3.8) is 0 Å². The monoisotopic (exact) mass is 518 g/mol. The van der Waals surface area contributed by atoms with Crippen molar-refractivity contribution >= 4 is 23.4 Å². The first kappa shape index (κ1) is 24.6. The van der Waals surface area contributed by atoms with Crippen LogP contribution in [-0.4, -0.2) is 43.5 Å². The van der Waals surface area contributed by atoms with Crippen molar-refractivity contribution in [3.05, 3.63) is 88.8 Å². The quantitative estimate of drug-likeness (QED) is 0.379. The molecule has 0 saturated heterocycles. The van der Waals surface area contributed by atoms with Crippen molar-refractivity contribution in [2.24, 2.45) is 5.73 Å². The third-order valence-electron chi connectivity index (χ3n) is 6.58. The summed E-state index contributed by atoms with van der Waals surface area (Å²) < 4.78 is 9.41. The van der Waals surface area contributed by atoms with Gasteiger partial charge in [-0.05, 0) is 69.0 Å². The van der Waals surface area contributed by atoms with E-state index < -0.39 is 5.91 Å². The van der Waals surface area contributed by atoms with Crippen molar-refractivity contribution < 1.29 is 14.3 Å². The summed E-state index contributed by atoms with van der Waals surface area (Å²) in [4.78, 5) is 25.0. The van der Waals surface area contributed by atoms with E-state index in [4.69, 9.17) is 22.1 Å². The molecule has 0 bridgehead atoms. The van der Waals surface area contributed by atoms with Crippen LogP contribution in [0.4, 0.5) is 0 Å². The van der Waals surface area contributed by atoms with Crippen molar-refractivity contribution in [2.45, 2.75) is 44.8 Å². The molecule has 5 rings (SSSR count). The zero-order chi connectivity index (χ0) is 25.9. The smallest absolute Gasteiger partial charge is 0.255 e. The van der Waals surface area contributed by atoms with Crippen LogP contribution in [0.15, 0.2) is 67.0 Å².